The summed E-state index contributed by atoms with van der Waals surface area (Å²) in [6.45, 7) is 6.44. The van der Waals surface area contributed by atoms with E-state index < -0.39 is 5.97 Å². The fraction of sp³-hybridized carbons (Fsp3) is 0.400. The maximum Gasteiger partial charge on any atom is 0.361 e. The number of carbonyl (C=O) groups is 1. The Kier molecular flexibility index (Phi) is 5.38. The van der Waals surface area contributed by atoms with Gasteiger partial charge in [0.25, 0.3) is 0 Å². The van der Waals surface area contributed by atoms with Crippen LogP contribution < -0.4 is 0 Å². The average molecular weight is 305 g/mol. The van der Waals surface area contributed by atoms with Crippen molar-refractivity contribution < 1.29 is 9.53 Å². The van der Waals surface area contributed by atoms with Gasteiger partial charge in [0.15, 0.2) is 5.69 Å². The highest BCUT2D eigenvalue weighted by atomic mass is 32.2. The summed E-state index contributed by atoms with van der Waals surface area (Å²) in [5.41, 5.74) is 1.68. The van der Waals surface area contributed by atoms with Gasteiger partial charge in [0.05, 0.1) is 6.61 Å². The molecule has 0 radical (unpaired) electrons. The summed E-state index contributed by atoms with van der Waals surface area (Å²) in [4.78, 5) is 13.0. The summed E-state index contributed by atoms with van der Waals surface area (Å²) >= 11 is 1.75. The highest BCUT2D eigenvalue weighted by Crippen LogP contribution is 2.32. The third kappa shape index (κ3) is 3.85. The average Bonchev–Trinajstić information content (AvgIpc) is 2.95. The van der Waals surface area contributed by atoms with Gasteiger partial charge in [0, 0.05) is 16.2 Å². The van der Waals surface area contributed by atoms with Crippen molar-refractivity contribution in [2.24, 2.45) is 5.92 Å². The second-order valence-corrected chi connectivity index (χ2v) is 6.00. The number of hydrogen-bond acceptors (Lipinski definition) is 5. The van der Waals surface area contributed by atoms with E-state index in [1.54, 1.807) is 18.7 Å². The molecule has 0 aliphatic heterocycles. The van der Waals surface area contributed by atoms with Gasteiger partial charge in [0.1, 0.15) is 5.69 Å². The molecule has 2 rings (SSSR count). The molecule has 1 aromatic heterocycles. The normalized spacial score (nSPS) is 10.9. The molecule has 0 spiro atoms. The smallest absolute Gasteiger partial charge is 0.361 e. The van der Waals surface area contributed by atoms with E-state index in [0.717, 1.165) is 16.2 Å². The second-order valence-electron chi connectivity index (χ2n) is 4.94. The molecule has 0 bridgehead atoms. The van der Waals surface area contributed by atoms with Crippen LogP contribution in [0.2, 0.25) is 0 Å². The van der Waals surface area contributed by atoms with Crippen LogP contribution >= 0.6 is 11.8 Å². The van der Waals surface area contributed by atoms with E-state index in [9.17, 15) is 4.79 Å². The summed E-state index contributed by atoms with van der Waals surface area (Å²) in [5.74, 6) is 1.14. The van der Waals surface area contributed by atoms with Gasteiger partial charge in [-0.05, 0) is 18.9 Å². The number of rotatable bonds is 6. The molecule has 5 nitrogen and oxygen atoms in total. The van der Waals surface area contributed by atoms with E-state index >= 15 is 0 Å². The Morgan fingerprint density at radius 2 is 2.10 bits per heavy atom. The van der Waals surface area contributed by atoms with Crippen molar-refractivity contribution in [3.8, 4) is 11.3 Å². The molecular weight excluding hydrogens is 286 g/mol. The van der Waals surface area contributed by atoms with E-state index in [2.05, 4.69) is 29.3 Å². The molecule has 112 valence electrons. The number of aromatic nitrogens is 3. The summed E-state index contributed by atoms with van der Waals surface area (Å²) in [6, 6.07) is 7.89. The molecule has 0 saturated heterocycles. The van der Waals surface area contributed by atoms with Crippen molar-refractivity contribution in [3.05, 3.63) is 30.0 Å². The lowest BCUT2D eigenvalue weighted by Crippen LogP contribution is -2.07. The number of nitrogens with one attached hydrogen (secondary N) is 1. The first-order valence-electron chi connectivity index (χ1n) is 6.93. The van der Waals surface area contributed by atoms with Crippen LogP contribution in [0.15, 0.2) is 29.2 Å². The number of aromatic amines is 1. The van der Waals surface area contributed by atoms with Gasteiger partial charge in [0.2, 0.25) is 0 Å². The van der Waals surface area contributed by atoms with Gasteiger partial charge in [-0.1, -0.05) is 32.0 Å². The van der Waals surface area contributed by atoms with Crippen LogP contribution in [0.4, 0.5) is 0 Å². The number of ether oxygens (including phenoxy) is 1. The van der Waals surface area contributed by atoms with Crippen molar-refractivity contribution in [2.45, 2.75) is 25.7 Å². The first-order chi connectivity index (χ1) is 10.1. The lowest BCUT2D eigenvalue weighted by atomic mass is 10.1. The van der Waals surface area contributed by atoms with Crippen molar-refractivity contribution in [1.29, 1.82) is 0 Å². The number of benzene rings is 1. The van der Waals surface area contributed by atoms with E-state index in [4.69, 9.17) is 4.74 Å². The minimum atomic E-state index is -0.454. The van der Waals surface area contributed by atoms with Gasteiger partial charge >= 0.3 is 5.97 Å². The lowest BCUT2D eigenvalue weighted by molar-refractivity contribution is 0.0520. The van der Waals surface area contributed by atoms with Crippen LogP contribution in [0.1, 0.15) is 31.3 Å². The molecule has 21 heavy (non-hydrogen) atoms. The molecule has 0 saturated carbocycles. The molecule has 0 unspecified atom stereocenters. The number of H-pyrrole nitrogens is 1. The van der Waals surface area contributed by atoms with Crippen molar-refractivity contribution in [2.75, 3.05) is 12.4 Å². The largest absolute Gasteiger partial charge is 0.461 e. The first kappa shape index (κ1) is 15.6. The van der Waals surface area contributed by atoms with Crippen LogP contribution in [0.5, 0.6) is 0 Å². The molecule has 1 N–H and O–H groups in total. The summed E-state index contributed by atoms with van der Waals surface area (Å²) in [6.07, 6.45) is 0. The monoisotopic (exact) mass is 305 g/mol. The van der Waals surface area contributed by atoms with E-state index in [0.29, 0.717) is 18.2 Å². The summed E-state index contributed by atoms with van der Waals surface area (Å²) in [7, 11) is 0. The lowest BCUT2D eigenvalue weighted by Gasteiger charge is -2.09. The number of thioether (sulfide) groups is 1. The van der Waals surface area contributed by atoms with Crippen molar-refractivity contribution in [1.82, 2.24) is 15.4 Å². The van der Waals surface area contributed by atoms with Crippen molar-refractivity contribution >= 4 is 17.7 Å². The molecule has 2 aromatic rings. The zero-order valence-corrected chi connectivity index (χ0v) is 13.2. The Hall–Kier alpha value is -1.82. The molecule has 6 heteroatoms. The first-order valence-corrected chi connectivity index (χ1v) is 7.92. The number of nitrogens with zero attached hydrogens (tertiary/aromatic N) is 2. The molecule has 0 amide bonds. The predicted molar refractivity (Wildman–Crippen MR) is 83.3 cm³/mol. The number of esters is 1. The molecule has 0 aliphatic rings. The maximum atomic E-state index is 11.9. The maximum absolute atomic E-state index is 11.9. The Morgan fingerprint density at radius 1 is 1.33 bits per heavy atom. The van der Waals surface area contributed by atoms with Gasteiger partial charge in [-0.3, -0.25) is 0 Å². The standard InChI is InChI=1S/C15H19N3O2S/c1-4-20-15(19)14-13(16-18-17-14)11-7-5-6-8-12(11)21-9-10(2)3/h5-8,10H,4,9H2,1-3H3,(H,16,17,18). The van der Waals surface area contributed by atoms with E-state index in [1.807, 2.05) is 24.3 Å². The van der Waals surface area contributed by atoms with Crippen LogP contribution in [0.25, 0.3) is 11.3 Å². The Labute approximate surface area is 128 Å². The van der Waals surface area contributed by atoms with Crippen LogP contribution in [-0.4, -0.2) is 33.7 Å². The Morgan fingerprint density at radius 3 is 2.81 bits per heavy atom. The van der Waals surface area contributed by atoms with Crippen LogP contribution in [0.3, 0.4) is 0 Å². The molecular formula is C15H19N3O2S. The molecule has 0 fully saturated rings. The van der Waals surface area contributed by atoms with Crippen LogP contribution in [-0.2, 0) is 4.74 Å². The highest BCUT2D eigenvalue weighted by Gasteiger charge is 2.21. The number of carbonyl (C=O) groups excluding carboxylic acids is 1. The minimum absolute atomic E-state index is 0.231. The van der Waals surface area contributed by atoms with Gasteiger partial charge < -0.3 is 4.74 Å². The fourth-order valence-electron chi connectivity index (χ4n) is 1.81. The van der Waals surface area contributed by atoms with E-state index in [1.165, 1.54) is 0 Å². The number of hydrogen-bond donors (Lipinski definition) is 1. The highest BCUT2D eigenvalue weighted by molar-refractivity contribution is 7.99. The quantitative estimate of drug-likeness (QED) is 0.654. The predicted octanol–water partition coefficient (Wildman–Crippen LogP) is 3.40. The Balaban J connectivity index is 2.34. The van der Waals surface area contributed by atoms with Gasteiger partial charge in [-0.15, -0.1) is 16.9 Å². The van der Waals surface area contributed by atoms with E-state index in [-0.39, 0.29) is 5.69 Å². The van der Waals surface area contributed by atoms with Crippen molar-refractivity contribution in [3.63, 3.8) is 0 Å². The third-order valence-corrected chi connectivity index (χ3v) is 4.23. The molecule has 0 atom stereocenters. The molecule has 1 heterocycles. The minimum Gasteiger partial charge on any atom is -0.461 e. The SMILES string of the molecule is CCOC(=O)c1n[nH]nc1-c1ccccc1SCC(C)C. The Bertz CT molecular complexity index is 610. The zero-order chi connectivity index (χ0) is 15.2. The fourth-order valence-corrected chi connectivity index (χ4v) is 2.81. The zero-order valence-electron chi connectivity index (χ0n) is 12.4. The van der Waals surface area contributed by atoms with Gasteiger partial charge in [-0.25, -0.2) is 4.79 Å². The second kappa shape index (κ2) is 7.26. The molecule has 0 aliphatic carbocycles. The third-order valence-electron chi connectivity index (χ3n) is 2.73. The summed E-state index contributed by atoms with van der Waals surface area (Å²) < 4.78 is 5.02. The summed E-state index contributed by atoms with van der Waals surface area (Å²) in [5, 5.41) is 10.6. The molecule has 1 aromatic carbocycles. The van der Waals surface area contributed by atoms with Crippen LogP contribution in [0, 0.1) is 5.92 Å². The van der Waals surface area contributed by atoms with Gasteiger partial charge in [-0.2, -0.15) is 10.3 Å². The topological polar surface area (TPSA) is 67.9 Å².